The fourth-order valence-corrected chi connectivity index (χ4v) is 4.75. The zero-order chi connectivity index (χ0) is 23.5. The molecule has 0 saturated carbocycles. The summed E-state index contributed by atoms with van der Waals surface area (Å²) in [5, 5.41) is 10.8. The lowest BCUT2D eigenvalue weighted by Gasteiger charge is -2.11. The van der Waals surface area contributed by atoms with E-state index in [9.17, 15) is 10.1 Å². The van der Waals surface area contributed by atoms with Gasteiger partial charge in [0.25, 0.3) is 5.69 Å². The number of non-ortho nitro benzene ring substituents is 1. The first kappa shape index (κ1) is 23.3. The van der Waals surface area contributed by atoms with Gasteiger partial charge >= 0.3 is 0 Å². The monoisotopic (exact) mass is 567 g/mol. The van der Waals surface area contributed by atoms with Crippen LogP contribution in [0.5, 0.6) is 0 Å². The summed E-state index contributed by atoms with van der Waals surface area (Å²) in [6.07, 6.45) is 1.91. The molecule has 0 atom stereocenters. The number of benzene rings is 3. The highest BCUT2D eigenvalue weighted by atomic mass is 127. The van der Waals surface area contributed by atoms with Crippen LogP contribution in [0.1, 0.15) is 22.5 Å². The molecule has 33 heavy (non-hydrogen) atoms. The Bertz CT molecular complexity index is 1340. The Morgan fingerprint density at radius 1 is 0.939 bits per heavy atom. The SMILES string of the molecule is Cc1cc(-n2c(C)cc(C=Nc3ccc(Sc4ccc([N+](=O)[O-])cc4)cc3)c2C)ccc1I. The number of halogens is 1. The number of aryl methyl sites for hydroxylation is 2. The van der Waals surface area contributed by atoms with Crippen LogP contribution < -0.4 is 0 Å². The first-order valence-electron chi connectivity index (χ1n) is 10.3. The number of hydrogen-bond acceptors (Lipinski definition) is 4. The number of nitro benzene ring substituents is 1. The van der Waals surface area contributed by atoms with Crippen molar-refractivity contribution in [2.24, 2.45) is 4.99 Å². The van der Waals surface area contributed by atoms with Gasteiger partial charge in [-0.3, -0.25) is 15.1 Å². The molecule has 4 aromatic rings. The molecule has 3 aromatic carbocycles. The Hall–Kier alpha value is -2.91. The summed E-state index contributed by atoms with van der Waals surface area (Å²) in [7, 11) is 0. The molecule has 7 heteroatoms. The molecule has 1 aromatic heterocycles. The van der Waals surface area contributed by atoms with Crippen molar-refractivity contribution >= 4 is 51.9 Å². The van der Waals surface area contributed by atoms with E-state index in [1.807, 2.05) is 30.5 Å². The quantitative estimate of drug-likeness (QED) is 0.103. The van der Waals surface area contributed by atoms with E-state index < -0.39 is 0 Å². The maximum absolute atomic E-state index is 10.8. The summed E-state index contributed by atoms with van der Waals surface area (Å²) in [5.74, 6) is 0. The Kier molecular flexibility index (Phi) is 6.99. The third-order valence-electron chi connectivity index (χ3n) is 5.34. The average Bonchev–Trinajstić information content (AvgIpc) is 3.08. The summed E-state index contributed by atoms with van der Waals surface area (Å²) in [4.78, 5) is 17.1. The molecule has 0 unspecified atom stereocenters. The van der Waals surface area contributed by atoms with Crippen molar-refractivity contribution in [1.29, 1.82) is 0 Å². The Morgan fingerprint density at radius 3 is 2.18 bits per heavy atom. The third kappa shape index (κ3) is 5.36. The minimum atomic E-state index is -0.389. The second-order valence-corrected chi connectivity index (χ2v) is 10.0. The lowest BCUT2D eigenvalue weighted by atomic mass is 10.2. The highest BCUT2D eigenvalue weighted by Crippen LogP contribution is 2.30. The average molecular weight is 567 g/mol. The molecule has 5 nitrogen and oxygen atoms in total. The van der Waals surface area contributed by atoms with E-state index in [1.165, 1.54) is 27.0 Å². The van der Waals surface area contributed by atoms with Gasteiger partial charge in [-0.25, -0.2) is 0 Å². The van der Waals surface area contributed by atoms with Crippen LogP contribution in [0.25, 0.3) is 5.69 Å². The van der Waals surface area contributed by atoms with Crippen LogP contribution in [0.15, 0.2) is 87.6 Å². The van der Waals surface area contributed by atoms with Gasteiger partial charge in [-0.05, 0) is 110 Å². The number of rotatable bonds is 6. The third-order valence-corrected chi connectivity index (χ3v) is 7.57. The molecule has 0 aliphatic carbocycles. The number of hydrogen-bond donors (Lipinski definition) is 0. The van der Waals surface area contributed by atoms with Crippen molar-refractivity contribution in [3.05, 3.63) is 109 Å². The van der Waals surface area contributed by atoms with Crippen LogP contribution in [0, 0.1) is 34.5 Å². The smallest absolute Gasteiger partial charge is 0.269 e. The van der Waals surface area contributed by atoms with Crippen LogP contribution >= 0.6 is 34.4 Å². The molecule has 0 radical (unpaired) electrons. The number of nitrogens with zero attached hydrogens (tertiary/aromatic N) is 3. The Morgan fingerprint density at radius 2 is 1.58 bits per heavy atom. The lowest BCUT2D eigenvalue weighted by molar-refractivity contribution is -0.384. The molecule has 0 bridgehead atoms. The molecule has 0 aliphatic heterocycles. The maximum Gasteiger partial charge on any atom is 0.269 e. The summed E-state index contributed by atoms with van der Waals surface area (Å²) in [6.45, 7) is 6.36. The van der Waals surface area contributed by atoms with Crippen LogP contribution in [-0.2, 0) is 0 Å². The van der Waals surface area contributed by atoms with Crippen LogP contribution in [0.4, 0.5) is 11.4 Å². The highest BCUT2D eigenvalue weighted by Gasteiger charge is 2.10. The van der Waals surface area contributed by atoms with Gasteiger partial charge in [0.05, 0.1) is 10.6 Å². The van der Waals surface area contributed by atoms with Crippen LogP contribution in [-0.4, -0.2) is 15.7 Å². The molecule has 0 amide bonds. The van der Waals surface area contributed by atoms with Crippen molar-refractivity contribution in [3.63, 3.8) is 0 Å². The fourth-order valence-electron chi connectivity index (χ4n) is 3.60. The fraction of sp³-hybridized carbons (Fsp3) is 0.115. The number of aromatic nitrogens is 1. The van der Waals surface area contributed by atoms with E-state index in [0.29, 0.717) is 0 Å². The molecule has 0 aliphatic rings. The predicted octanol–water partition coefficient (Wildman–Crippen LogP) is 7.82. The topological polar surface area (TPSA) is 60.4 Å². The minimum absolute atomic E-state index is 0.0977. The van der Waals surface area contributed by atoms with E-state index in [1.54, 1.807) is 23.9 Å². The minimum Gasteiger partial charge on any atom is -0.318 e. The maximum atomic E-state index is 10.8. The van der Waals surface area contributed by atoms with Gasteiger partial charge in [0, 0.05) is 54.3 Å². The van der Waals surface area contributed by atoms with Crippen LogP contribution in [0.3, 0.4) is 0 Å². The van der Waals surface area contributed by atoms with Gasteiger partial charge in [-0.15, -0.1) is 0 Å². The number of aliphatic imine (C=N–C) groups is 1. The van der Waals surface area contributed by atoms with Crippen molar-refractivity contribution in [2.45, 2.75) is 30.6 Å². The first-order chi connectivity index (χ1) is 15.8. The Labute approximate surface area is 210 Å². The molecule has 0 spiro atoms. The largest absolute Gasteiger partial charge is 0.318 e. The van der Waals surface area contributed by atoms with Gasteiger partial charge in [-0.1, -0.05) is 11.8 Å². The lowest BCUT2D eigenvalue weighted by Crippen LogP contribution is -2.00. The molecular weight excluding hydrogens is 545 g/mol. The molecule has 0 saturated heterocycles. The van der Waals surface area contributed by atoms with Gasteiger partial charge in [-0.2, -0.15) is 0 Å². The van der Waals surface area contributed by atoms with Crippen molar-refractivity contribution < 1.29 is 4.92 Å². The molecule has 0 fully saturated rings. The highest BCUT2D eigenvalue weighted by molar-refractivity contribution is 14.1. The molecule has 4 rings (SSSR count). The molecule has 0 N–H and O–H groups in total. The summed E-state index contributed by atoms with van der Waals surface area (Å²) < 4.78 is 3.52. The van der Waals surface area contributed by atoms with Crippen molar-refractivity contribution in [2.75, 3.05) is 0 Å². The van der Waals surface area contributed by atoms with E-state index in [-0.39, 0.29) is 10.6 Å². The van der Waals surface area contributed by atoms with Crippen LogP contribution in [0.2, 0.25) is 0 Å². The predicted molar refractivity (Wildman–Crippen MR) is 144 cm³/mol. The van der Waals surface area contributed by atoms with E-state index >= 15 is 0 Å². The summed E-state index contributed by atoms with van der Waals surface area (Å²) in [5.41, 5.74) is 6.82. The first-order valence-corrected chi connectivity index (χ1v) is 12.2. The van der Waals surface area contributed by atoms with E-state index in [0.717, 1.165) is 32.4 Å². The molecule has 1 heterocycles. The second-order valence-electron chi connectivity index (χ2n) is 7.70. The Balaban J connectivity index is 1.49. The number of nitro groups is 1. The second kappa shape index (κ2) is 9.93. The molecular formula is C26H22IN3O2S. The zero-order valence-corrected chi connectivity index (χ0v) is 21.4. The van der Waals surface area contributed by atoms with Gasteiger partial charge < -0.3 is 4.57 Å². The van der Waals surface area contributed by atoms with Gasteiger partial charge in [0.1, 0.15) is 0 Å². The van der Waals surface area contributed by atoms with Crippen molar-refractivity contribution in [3.8, 4) is 5.69 Å². The van der Waals surface area contributed by atoms with Crippen molar-refractivity contribution in [1.82, 2.24) is 4.57 Å². The zero-order valence-electron chi connectivity index (χ0n) is 18.4. The van der Waals surface area contributed by atoms with Gasteiger partial charge in [0.15, 0.2) is 0 Å². The van der Waals surface area contributed by atoms with E-state index in [2.05, 4.69) is 77.2 Å². The van der Waals surface area contributed by atoms with Gasteiger partial charge in [0.2, 0.25) is 0 Å². The summed E-state index contributed by atoms with van der Waals surface area (Å²) >= 11 is 3.92. The molecule has 166 valence electrons. The normalized spacial score (nSPS) is 11.3. The summed E-state index contributed by atoms with van der Waals surface area (Å²) in [6, 6.07) is 23.2. The van der Waals surface area contributed by atoms with E-state index in [4.69, 9.17) is 0 Å². The standard InChI is InChI=1S/C26H22IN3O2S/c1-17-14-23(8-13-26(17)27)29-18(2)15-20(19(29)3)16-28-21-4-9-24(10-5-21)33-25-11-6-22(7-12-25)30(31)32/h4-16H,1-3H3.